The van der Waals surface area contributed by atoms with Crippen LogP contribution in [0.1, 0.15) is 46.2 Å². The maximum atomic E-state index is 14.0. The Morgan fingerprint density at radius 1 is 0.529 bits per heavy atom. The van der Waals surface area contributed by atoms with Crippen molar-refractivity contribution in [3.05, 3.63) is 183 Å². The molecule has 0 heterocycles. The zero-order valence-electron chi connectivity index (χ0n) is 28.6. The quantitative estimate of drug-likeness (QED) is 0.0984. The average Bonchev–Trinajstić information content (AvgIpc) is 3.17. The molecular weight excluding hydrogens is 704 g/mol. The van der Waals surface area contributed by atoms with Crippen molar-refractivity contribution in [2.75, 3.05) is 7.11 Å². The van der Waals surface area contributed by atoms with E-state index in [1.54, 1.807) is 14.0 Å². The third kappa shape index (κ3) is 9.38. The number of halogens is 1. The Labute approximate surface area is 307 Å². The van der Waals surface area contributed by atoms with Crippen molar-refractivity contribution in [2.45, 2.75) is 39.3 Å². The Hall–Kier alpha value is -5.53. The molecule has 0 saturated carbocycles. The summed E-state index contributed by atoms with van der Waals surface area (Å²) in [6.45, 7) is 2.79. The van der Waals surface area contributed by atoms with E-state index in [1.807, 2.05) is 146 Å². The van der Waals surface area contributed by atoms with Crippen LogP contribution in [0.25, 0.3) is 0 Å². The van der Waals surface area contributed by atoms with E-state index in [0.29, 0.717) is 57.6 Å². The smallest absolute Gasteiger partial charge is 0.162 e. The number of hydrogen-bond donors (Lipinski definition) is 0. The Morgan fingerprint density at radius 3 is 1.31 bits per heavy atom. The highest BCUT2D eigenvalue weighted by atomic mass is 79.9. The van der Waals surface area contributed by atoms with E-state index in [2.05, 4.69) is 15.9 Å². The first kappa shape index (κ1) is 35.3. The van der Waals surface area contributed by atoms with Gasteiger partial charge in [-0.15, -0.1) is 0 Å². The number of carbonyl (C=O) groups is 1. The van der Waals surface area contributed by atoms with Crippen molar-refractivity contribution in [3.8, 4) is 28.7 Å². The van der Waals surface area contributed by atoms with Gasteiger partial charge >= 0.3 is 0 Å². The van der Waals surface area contributed by atoms with Gasteiger partial charge in [0.1, 0.15) is 49.5 Å². The van der Waals surface area contributed by atoms with Crippen molar-refractivity contribution >= 4 is 21.7 Å². The fraction of sp³-hybridized carbons (Fsp3) is 0.159. The molecule has 51 heavy (non-hydrogen) atoms. The Kier molecular flexibility index (Phi) is 12.1. The summed E-state index contributed by atoms with van der Waals surface area (Å²) in [5, 5.41) is 0. The molecule has 0 amide bonds. The fourth-order valence-electron chi connectivity index (χ4n) is 5.75. The standard InChI is InChI=1S/C44H39BrO6/c1-31(46)43(37-25-40(39(47-2)26-38(37)45)49-28-33-17-9-4-10-18-33)44-41(50-29-34-19-11-5-12-20-34)23-36(48-27-32-15-7-3-8-16-32)24-42(44)51-30-35-21-13-6-14-22-35/h3-26,43H,27-30H2,1-2H3. The summed E-state index contributed by atoms with van der Waals surface area (Å²) < 4.78 is 32.2. The molecule has 0 N–H and O–H groups in total. The molecule has 6 rings (SSSR count). The molecule has 1 atom stereocenters. The van der Waals surface area contributed by atoms with Gasteiger partial charge in [0.15, 0.2) is 11.5 Å². The largest absolute Gasteiger partial charge is 0.493 e. The zero-order chi connectivity index (χ0) is 35.4. The van der Waals surface area contributed by atoms with Crippen LogP contribution in [-0.4, -0.2) is 12.9 Å². The first-order valence-electron chi connectivity index (χ1n) is 16.7. The van der Waals surface area contributed by atoms with E-state index in [0.717, 1.165) is 22.3 Å². The van der Waals surface area contributed by atoms with E-state index >= 15 is 0 Å². The highest BCUT2D eigenvalue weighted by molar-refractivity contribution is 9.10. The van der Waals surface area contributed by atoms with Crippen LogP contribution >= 0.6 is 15.9 Å². The van der Waals surface area contributed by atoms with E-state index in [4.69, 9.17) is 23.7 Å². The SMILES string of the molecule is COc1cc(Br)c(C(C(C)=O)c2c(OCc3ccccc3)cc(OCc3ccccc3)cc2OCc2ccccc2)cc1OCc1ccccc1. The summed E-state index contributed by atoms with van der Waals surface area (Å²) in [4.78, 5) is 14.0. The molecule has 0 spiro atoms. The van der Waals surface area contributed by atoms with Gasteiger partial charge < -0.3 is 23.7 Å². The van der Waals surface area contributed by atoms with Crippen molar-refractivity contribution in [2.24, 2.45) is 0 Å². The topological polar surface area (TPSA) is 63.2 Å². The predicted octanol–water partition coefficient (Wildman–Crippen LogP) is 10.5. The van der Waals surface area contributed by atoms with Crippen molar-refractivity contribution in [1.29, 1.82) is 0 Å². The Bertz CT molecular complexity index is 1950. The van der Waals surface area contributed by atoms with E-state index in [1.165, 1.54) is 0 Å². The molecule has 0 fully saturated rings. The normalized spacial score (nSPS) is 11.4. The number of rotatable bonds is 16. The lowest BCUT2D eigenvalue weighted by Gasteiger charge is -2.25. The minimum atomic E-state index is -0.802. The van der Waals surface area contributed by atoms with Crippen LogP contribution in [0.2, 0.25) is 0 Å². The molecule has 0 bridgehead atoms. The fourth-order valence-corrected chi connectivity index (χ4v) is 6.30. The number of carbonyl (C=O) groups excluding carboxylic acids is 1. The number of benzene rings is 6. The number of ketones is 1. The predicted molar refractivity (Wildman–Crippen MR) is 203 cm³/mol. The minimum Gasteiger partial charge on any atom is -0.493 e. The first-order chi connectivity index (χ1) is 25.0. The van der Waals surface area contributed by atoms with Gasteiger partial charge in [-0.05, 0) is 46.9 Å². The van der Waals surface area contributed by atoms with Crippen molar-refractivity contribution in [3.63, 3.8) is 0 Å². The Morgan fingerprint density at radius 2 is 0.922 bits per heavy atom. The third-order valence-electron chi connectivity index (χ3n) is 8.33. The Balaban J connectivity index is 1.46. The summed E-state index contributed by atoms with van der Waals surface area (Å²) in [6, 6.07) is 47.0. The van der Waals surface area contributed by atoms with Crippen molar-refractivity contribution in [1.82, 2.24) is 0 Å². The monoisotopic (exact) mass is 742 g/mol. The first-order valence-corrected chi connectivity index (χ1v) is 17.5. The van der Waals surface area contributed by atoms with Gasteiger partial charge in [0, 0.05) is 16.6 Å². The summed E-state index contributed by atoms with van der Waals surface area (Å²) in [5.74, 6) is 1.63. The van der Waals surface area contributed by atoms with E-state index < -0.39 is 5.92 Å². The van der Waals surface area contributed by atoms with Crippen LogP contribution in [-0.2, 0) is 31.2 Å². The molecule has 258 valence electrons. The van der Waals surface area contributed by atoms with Crippen LogP contribution in [0, 0.1) is 0 Å². The molecule has 0 aliphatic carbocycles. The molecule has 1 unspecified atom stereocenters. The third-order valence-corrected chi connectivity index (χ3v) is 9.01. The number of Topliss-reactive ketones (excluding diaryl/α,β-unsaturated/α-hetero) is 1. The highest BCUT2D eigenvalue weighted by Crippen LogP contribution is 2.47. The van der Waals surface area contributed by atoms with Crippen LogP contribution in [0.3, 0.4) is 0 Å². The summed E-state index contributed by atoms with van der Waals surface area (Å²) in [6.07, 6.45) is 0. The maximum Gasteiger partial charge on any atom is 0.162 e. The van der Waals surface area contributed by atoms with Gasteiger partial charge in [0.05, 0.1) is 18.6 Å². The molecule has 0 aliphatic heterocycles. The van der Waals surface area contributed by atoms with Crippen LogP contribution in [0.15, 0.2) is 150 Å². The molecule has 6 aromatic rings. The maximum absolute atomic E-state index is 14.0. The molecule has 0 saturated heterocycles. The van der Waals surface area contributed by atoms with E-state index in [-0.39, 0.29) is 19.0 Å². The molecule has 0 aliphatic rings. The second-order valence-electron chi connectivity index (χ2n) is 12.0. The zero-order valence-corrected chi connectivity index (χ0v) is 30.2. The van der Waals surface area contributed by atoms with Gasteiger partial charge in [0.25, 0.3) is 0 Å². The van der Waals surface area contributed by atoms with Gasteiger partial charge in [0.2, 0.25) is 0 Å². The van der Waals surface area contributed by atoms with Crippen LogP contribution in [0.5, 0.6) is 28.7 Å². The lowest BCUT2D eigenvalue weighted by atomic mass is 9.86. The summed E-state index contributed by atoms with van der Waals surface area (Å²) in [7, 11) is 1.60. The lowest BCUT2D eigenvalue weighted by Crippen LogP contribution is -2.16. The van der Waals surface area contributed by atoms with Crippen LogP contribution in [0.4, 0.5) is 0 Å². The van der Waals surface area contributed by atoms with Gasteiger partial charge in [-0.25, -0.2) is 0 Å². The molecule has 7 heteroatoms. The molecule has 0 radical (unpaired) electrons. The molecule has 6 nitrogen and oxygen atoms in total. The average molecular weight is 744 g/mol. The van der Waals surface area contributed by atoms with Crippen molar-refractivity contribution < 1.29 is 28.5 Å². The minimum absolute atomic E-state index is 0.109. The number of methoxy groups -OCH3 is 1. The van der Waals surface area contributed by atoms with Gasteiger partial charge in [-0.1, -0.05) is 137 Å². The second-order valence-corrected chi connectivity index (χ2v) is 12.9. The molecule has 6 aromatic carbocycles. The number of hydrogen-bond acceptors (Lipinski definition) is 6. The summed E-state index contributed by atoms with van der Waals surface area (Å²) in [5.41, 5.74) is 5.25. The highest BCUT2D eigenvalue weighted by Gasteiger charge is 2.31. The van der Waals surface area contributed by atoms with Crippen LogP contribution < -0.4 is 23.7 Å². The summed E-state index contributed by atoms with van der Waals surface area (Å²) >= 11 is 3.76. The molecule has 0 aromatic heterocycles. The van der Waals surface area contributed by atoms with Gasteiger partial charge in [-0.2, -0.15) is 0 Å². The molecular formula is C44H39BrO6. The van der Waals surface area contributed by atoms with Gasteiger partial charge in [-0.3, -0.25) is 4.79 Å². The lowest BCUT2D eigenvalue weighted by molar-refractivity contribution is -0.117. The van der Waals surface area contributed by atoms with E-state index in [9.17, 15) is 4.79 Å². The second kappa shape index (κ2) is 17.4. The number of ether oxygens (including phenoxy) is 5.